The SMILES string of the molecule is CCC1CC(CN2CCC(COC3CC(OC)C3)CC2)C1. The van der Waals surface area contributed by atoms with Gasteiger partial charge < -0.3 is 14.4 Å². The molecule has 3 heteroatoms. The quantitative estimate of drug-likeness (QED) is 0.719. The second-order valence-electron chi connectivity index (χ2n) is 7.64. The van der Waals surface area contributed by atoms with Gasteiger partial charge in [-0.25, -0.2) is 0 Å². The van der Waals surface area contributed by atoms with Crippen molar-refractivity contribution in [2.45, 2.75) is 64.1 Å². The van der Waals surface area contributed by atoms with Crippen molar-refractivity contribution < 1.29 is 9.47 Å². The first-order chi connectivity index (χ1) is 10.3. The number of piperidine rings is 1. The van der Waals surface area contributed by atoms with Crippen LogP contribution in [0.5, 0.6) is 0 Å². The van der Waals surface area contributed by atoms with Crippen LogP contribution in [0.2, 0.25) is 0 Å². The third kappa shape index (κ3) is 4.20. The lowest BCUT2D eigenvalue weighted by atomic mass is 9.73. The Kier molecular flexibility index (Phi) is 5.58. The summed E-state index contributed by atoms with van der Waals surface area (Å²) in [6, 6.07) is 0. The molecule has 122 valence electrons. The molecule has 0 aromatic carbocycles. The average Bonchev–Trinajstić information content (AvgIpc) is 2.42. The number of methoxy groups -OCH3 is 1. The number of hydrogen-bond donors (Lipinski definition) is 0. The Labute approximate surface area is 130 Å². The summed E-state index contributed by atoms with van der Waals surface area (Å²) in [6.07, 6.45) is 10.2. The van der Waals surface area contributed by atoms with Crippen molar-refractivity contribution in [3.8, 4) is 0 Å². The monoisotopic (exact) mass is 295 g/mol. The van der Waals surface area contributed by atoms with Crippen LogP contribution in [0.1, 0.15) is 51.9 Å². The van der Waals surface area contributed by atoms with Gasteiger partial charge in [0.25, 0.3) is 0 Å². The molecule has 3 nitrogen and oxygen atoms in total. The number of ether oxygens (including phenoxy) is 2. The van der Waals surface area contributed by atoms with E-state index in [4.69, 9.17) is 9.47 Å². The molecule has 3 aliphatic rings. The van der Waals surface area contributed by atoms with Crippen molar-refractivity contribution in [1.82, 2.24) is 4.90 Å². The van der Waals surface area contributed by atoms with Gasteiger partial charge in [0.2, 0.25) is 0 Å². The first-order valence-corrected chi connectivity index (χ1v) is 9.13. The predicted molar refractivity (Wildman–Crippen MR) is 85.4 cm³/mol. The van der Waals surface area contributed by atoms with Gasteiger partial charge in [0.15, 0.2) is 0 Å². The summed E-state index contributed by atoms with van der Waals surface area (Å²) in [6.45, 7) is 7.28. The first kappa shape index (κ1) is 15.8. The minimum atomic E-state index is 0.464. The number of likely N-dealkylation sites (tertiary alicyclic amines) is 1. The van der Waals surface area contributed by atoms with Gasteiger partial charge >= 0.3 is 0 Å². The summed E-state index contributed by atoms with van der Waals surface area (Å²) in [4.78, 5) is 2.71. The smallest absolute Gasteiger partial charge is 0.0624 e. The lowest BCUT2D eigenvalue weighted by Gasteiger charge is -2.41. The Hall–Kier alpha value is -0.120. The van der Waals surface area contributed by atoms with Crippen molar-refractivity contribution in [2.75, 3.05) is 33.4 Å². The van der Waals surface area contributed by atoms with Crippen LogP contribution in [0.15, 0.2) is 0 Å². The van der Waals surface area contributed by atoms with E-state index in [1.165, 1.54) is 51.7 Å². The van der Waals surface area contributed by atoms with Crippen LogP contribution in [0.25, 0.3) is 0 Å². The van der Waals surface area contributed by atoms with E-state index in [2.05, 4.69) is 11.8 Å². The van der Waals surface area contributed by atoms with E-state index in [-0.39, 0.29) is 0 Å². The van der Waals surface area contributed by atoms with Crippen LogP contribution in [0.3, 0.4) is 0 Å². The maximum absolute atomic E-state index is 6.03. The zero-order chi connectivity index (χ0) is 14.7. The van der Waals surface area contributed by atoms with Gasteiger partial charge in [-0.2, -0.15) is 0 Å². The van der Waals surface area contributed by atoms with Crippen LogP contribution in [-0.4, -0.2) is 50.5 Å². The molecule has 3 fully saturated rings. The van der Waals surface area contributed by atoms with Gasteiger partial charge in [0, 0.05) is 20.3 Å². The Bertz CT molecular complexity index is 302. The molecule has 1 aliphatic heterocycles. The molecule has 0 spiro atoms. The van der Waals surface area contributed by atoms with Gasteiger partial charge in [0.05, 0.1) is 12.2 Å². The highest BCUT2D eigenvalue weighted by molar-refractivity contribution is 4.84. The highest BCUT2D eigenvalue weighted by atomic mass is 16.5. The third-order valence-electron chi connectivity index (χ3n) is 6.09. The minimum absolute atomic E-state index is 0.464. The van der Waals surface area contributed by atoms with E-state index in [1.807, 2.05) is 0 Å². The molecule has 2 saturated carbocycles. The van der Waals surface area contributed by atoms with Crippen LogP contribution >= 0.6 is 0 Å². The number of nitrogens with zero attached hydrogens (tertiary/aromatic N) is 1. The van der Waals surface area contributed by atoms with E-state index < -0.39 is 0 Å². The van der Waals surface area contributed by atoms with E-state index >= 15 is 0 Å². The molecule has 0 atom stereocenters. The van der Waals surface area contributed by atoms with E-state index in [0.29, 0.717) is 12.2 Å². The summed E-state index contributed by atoms with van der Waals surface area (Å²) < 4.78 is 11.3. The van der Waals surface area contributed by atoms with Crippen molar-refractivity contribution in [1.29, 1.82) is 0 Å². The summed E-state index contributed by atoms with van der Waals surface area (Å²) in [5.41, 5.74) is 0. The fraction of sp³-hybridized carbons (Fsp3) is 1.00. The summed E-state index contributed by atoms with van der Waals surface area (Å²) in [5, 5.41) is 0. The Morgan fingerprint density at radius 1 is 0.905 bits per heavy atom. The third-order valence-corrected chi connectivity index (χ3v) is 6.09. The lowest BCUT2D eigenvalue weighted by Crippen LogP contribution is -2.42. The molecule has 21 heavy (non-hydrogen) atoms. The summed E-state index contributed by atoms with van der Waals surface area (Å²) in [7, 11) is 1.81. The van der Waals surface area contributed by atoms with Crippen LogP contribution in [0.4, 0.5) is 0 Å². The van der Waals surface area contributed by atoms with Crippen LogP contribution in [0, 0.1) is 17.8 Å². The van der Waals surface area contributed by atoms with E-state index in [9.17, 15) is 0 Å². The van der Waals surface area contributed by atoms with Gasteiger partial charge in [-0.3, -0.25) is 0 Å². The van der Waals surface area contributed by atoms with E-state index in [1.54, 1.807) is 7.11 Å². The van der Waals surface area contributed by atoms with Crippen molar-refractivity contribution in [3.05, 3.63) is 0 Å². The first-order valence-electron chi connectivity index (χ1n) is 9.13. The molecule has 1 heterocycles. The molecule has 0 unspecified atom stereocenters. The maximum Gasteiger partial charge on any atom is 0.0624 e. The second kappa shape index (κ2) is 7.43. The number of rotatable bonds is 7. The molecule has 2 aliphatic carbocycles. The Morgan fingerprint density at radius 2 is 1.62 bits per heavy atom. The fourth-order valence-corrected chi connectivity index (χ4v) is 4.18. The molecule has 0 bridgehead atoms. The van der Waals surface area contributed by atoms with Gasteiger partial charge in [-0.05, 0) is 69.4 Å². The van der Waals surface area contributed by atoms with Crippen molar-refractivity contribution >= 4 is 0 Å². The molecule has 0 amide bonds. The minimum Gasteiger partial charge on any atom is -0.381 e. The molecule has 0 radical (unpaired) electrons. The Balaban J connectivity index is 1.24. The molecule has 0 aromatic rings. The molecule has 0 aromatic heterocycles. The maximum atomic E-state index is 6.03. The lowest BCUT2D eigenvalue weighted by molar-refractivity contribution is -0.0981. The number of hydrogen-bond acceptors (Lipinski definition) is 3. The fourth-order valence-electron chi connectivity index (χ4n) is 4.18. The molecule has 0 N–H and O–H groups in total. The highest BCUT2D eigenvalue weighted by Gasteiger charge is 2.32. The van der Waals surface area contributed by atoms with E-state index in [0.717, 1.165) is 37.2 Å². The summed E-state index contributed by atoms with van der Waals surface area (Å²) in [5.74, 6) is 2.84. The predicted octanol–water partition coefficient (Wildman–Crippen LogP) is 3.33. The molecular formula is C18H33NO2. The highest BCUT2D eigenvalue weighted by Crippen LogP contribution is 2.37. The second-order valence-corrected chi connectivity index (χ2v) is 7.64. The zero-order valence-corrected chi connectivity index (χ0v) is 13.9. The van der Waals surface area contributed by atoms with Gasteiger partial charge in [0.1, 0.15) is 0 Å². The summed E-state index contributed by atoms with van der Waals surface area (Å²) >= 11 is 0. The molecule has 1 saturated heterocycles. The average molecular weight is 295 g/mol. The van der Waals surface area contributed by atoms with Crippen molar-refractivity contribution in [3.63, 3.8) is 0 Å². The standard InChI is InChI=1S/C18H33NO2/c1-3-14-8-16(9-14)12-19-6-4-15(5-7-19)13-21-18-10-17(11-18)20-2/h14-18H,3-13H2,1-2H3. The van der Waals surface area contributed by atoms with Crippen molar-refractivity contribution in [2.24, 2.45) is 17.8 Å². The largest absolute Gasteiger partial charge is 0.381 e. The normalized spacial score (nSPS) is 38.0. The zero-order valence-electron chi connectivity index (χ0n) is 13.9. The molecule has 3 rings (SSSR count). The Morgan fingerprint density at radius 3 is 2.24 bits per heavy atom. The topological polar surface area (TPSA) is 21.7 Å². The molecular weight excluding hydrogens is 262 g/mol. The van der Waals surface area contributed by atoms with Crippen LogP contribution < -0.4 is 0 Å². The van der Waals surface area contributed by atoms with Crippen LogP contribution in [-0.2, 0) is 9.47 Å². The van der Waals surface area contributed by atoms with Gasteiger partial charge in [-0.1, -0.05) is 13.3 Å². The van der Waals surface area contributed by atoms with Gasteiger partial charge in [-0.15, -0.1) is 0 Å².